The van der Waals surface area contributed by atoms with Crippen LogP contribution in [0.4, 0.5) is 10.5 Å². The van der Waals surface area contributed by atoms with Crippen molar-refractivity contribution in [3.05, 3.63) is 18.2 Å². The molecule has 0 aliphatic rings. The Bertz CT molecular complexity index is 412. The van der Waals surface area contributed by atoms with E-state index in [1.54, 1.807) is 25.3 Å². The maximum atomic E-state index is 11.6. The molecule has 6 heteroatoms. The van der Waals surface area contributed by atoms with Gasteiger partial charge in [0, 0.05) is 23.7 Å². The molecule has 0 aliphatic carbocycles. The van der Waals surface area contributed by atoms with E-state index in [0.717, 1.165) is 0 Å². The van der Waals surface area contributed by atoms with Gasteiger partial charge in [-0.05, 0) is 19.1 Å². The normalized spacial score (nSPS) is 11.6. The van der Waals surface area contributed by atoms with E-state index >= 15 is 0 Å². The van der Waals surface area contributed by atoms with Crippen molar-refractivity contribution in [1.29, 1.82) is 0 Å². The molecule has 5 nitrogen and oxygen atoms in total. The minimum Gasteiger partial charge on any atom is -0.493 e. The Morgan fingerprint density at radius 2 is 2.00 bits per heavy atom. The van der Waals surface area contributed by atoms with Crippen LogP contribution in [0.25, 0.3) is 0 Å². The number of methoxy groups -OCH3 is 2. The number of benzene rings is 1. The summed E-state index contributed by atoms with van der Waals surface area (Å²) < 4.78 is 10.3. The van der Waals surface area contributed by atoms with Crippen molar-refractivity contribution in [2.45, 2.75) is 13.0 Å². The van der Waals surface area contributed by atoms with Gasteiger partial charge >= 0.3 is 6.03 Å². The molecule has 1 unspecified atom stereocenters. The summed E-state index contributed by atoms with van der Waals surface area (Å²) in [6.45, 7) is 1.82. The lowest BCUT2D eigenvalue weighted by Gasteiger charge is -2.13. The van der Waals surface area contributed by atoms with Crippen molar-refractivity contribution < 1.29 is 14.3 Å². The zero-order valence-electron chi connectivity index (χ0n) is 10.6. The molecule has 1 atom stereocenters. The Morgan fingerprint density at radius 3 is 2.56 bits per heavy atom. The highest BCUT2D eigenvalue weighted by atomic mass is 35.5. The molecule has 2 N–H and O–H groups in total. The fraction of sp³-hybridized carbons (Fsp3) is 0.417. The Balaban J connectivity index is 2.70. The molecule has 0 saturated carbocycles. The number of ether oxygens (including phenoxy) is 2. The lowest BCUT2D eigenvalue weighted by molar-refractivity contribution is 0.250. The number of rotatable bonds is 5. The number of urea groups is 1. The third kappa shape index (κ3) is 4.00. The van der Waals surface area contributed by atoms with E-state index < -0.39 is 0 Å². The first-order valence-electron chi connectivity index (χ1n) is 5.46. The molecule has 0 aromatic heterocycles. The molecular weight excluding hydrogens is 256 g/mol. The van der Waals surface area contributed by atoms with Gasteiger partial charge in [-0.15, -0.1) is 11.6 Å². The molecule has 0 radical (unpaired) electrons. The summed E-state index contributed by atoms with van der Waals surface area (Å²) in [6.07, 6.45) is 0. The zero-order valence-corrected chi connectivity index (χ0v) is 11.4. The predicted octanol–water partition coefficient (Wildman–Crippen LogP) is 2.45. The van der Waals surface area contributed by atoms with Crippen molar-refractivity contribution in [1.82, 2.24) is 5.32 Å². The fourth-order valence-electron chi connectivity index (χ4n) is 1.34. The van der Waals surface area contributed by atoms with Gasteiger partial charge in [0.2, 0.25) is 0 Å². The number of carbonyl (C=O) groups excluding carboxylic acids is 1. The monoisotopic (exact) mass is 272 g/mol. The summed E-state index contributed by atoms with van der Waals surface area (Å²) in [4.78, 5) is 11.6. The highest BCUT2D eigenvalue weighted by Crippen LogP contribution is 2.29. The average Bonchev–Trinajstić information content (AvgIpc) is 2.38. The molecule has 0 saturated heterocycles. The van der Waals surface area contributed by atoms with Gasteiger partial charge in [0.25, 0.3) is 0 Å². The highest BCUT2D eigenvalue weighted by Gasteiger charge is 2.08. The summed E-state index contributed by atoms with van der Waals surface area (Å²) in [5.41, 5.74) is 0.618. The van der Waals surface area contributed by atoms with Gasteiger partial charge in [0.05, 0.1) is 14.2 Å². The second-order valence-electron chi connectivity index (χ2n) is 3.72. The van der Waals surface area contributed by atoms with Crippen molar-refractivity contribution in [3.8, 4) is 11.5 Å². The van der Waals surface area contributed by atoms with Crippen LogP contribution >= 0.6 is 11.6 Å². The highest BCUT2D eigenvalue weighted by molar-refractivity contribution is 6.18. The van der Waals surface area contributed by atoms with E-state index in [2.05, 4.69) is 10.6 Å². The van der Waals surface area contributed by atoms with Crippen molar-refractivity contribution in [2.75, 3.05) is 25.4 Å². The number of nitrogens with one attached hydrogen (secondary N) is 2. The van der Waals surface area contributed by atoms with Crippen molar-refractivity contribution in [2.24, 2.45) is 0 Å². The van der Waals surface area contributed by atoms with Crippen LogP contribution in [-0.4, -0.2) is 32.2 Å². The third-order valence-corrected chi connectivity index (χ3v) is 2.71. The van der Waals surface area contributed by atoms with Crippen LogP contribution in [0.5, 0.6) is 11.5 Å². The van der Waals surface area contributed by atoms with E-state index in [9.17, 15) is 4.79 Å². The molecule has 0 heterocycles. The van der Waals surface area contributed by atoms with Crippen LogP contribution in [0.2, 0.25) is 0 Å². The number of hydrogen-bond donors (Lipinski definition) is 2. The zero-order chi connectivity index (χ0) is 13.5. The van der Waals surface area contributed by atoms with Gasteiger partial charge in [-0.3, -0.25) is 0 Å². The summed E-state index contributed by atoms with van der Waals surface area (Å²) in [7, 11) is 3.09. The second kappa shape index (κ2) is 6.96. The Kier molecular flexibility index (Phi) is 5.58. The van der Waals surface area contributed by atoms with E-state index in [4.69, 9.17) is 21.1 Å². The first-order chi connectivity index (χ1) is 8.60. The van der Waals surface area contributed by atoms with Crippen LogP contribution in [0.15, 0.2) is 18.2 Å². The quantitative estimate of drug-likeness (QED) is 0.810. The standard InChI is InChI=1S/C12H17ClN2O3/c1-8(7-13)14-12(16)15-9-4-5-10(17-2)11(6-9)18-3/h4-6,8H,7H2,1-3H3,(H2,14,15,16). The smallest absolute Gasteiger partial charge is 0.319 e. The lowest BCUT2D eigenvalue weighted by Crippen LogP contribution is -2.37. The molecule has 0 aliphatic heterocycles. The van der Waals surface area contributed by atoms with Crippen LogP contribution < -0.4 is 20.1 Å². The maximum absolute atomic E-state index is 11.6. The molecule has 1 rings (SSSR count). The fourth-order valence-corrected chi connectivity index (χ4v) is 1.42. The van der Waals surface area contributed by atoms with Crippen LogP contribution in [0.1, 0.15) is 6.92 Å². The largest absolute Gasteiger partial charge is 0.493 e. The van der Waals surface area contributed by atoms with E-state index in [-0.39, 0.29) is 12.1 Å². The number of carbonyl (C=O) groups is 1. The third-order valence-electron chi connectivity index (χ3n) is 2.25. The number of alkyl halides is 1. The van der Waals surface area contributed by atoms with E-state index in [1.165, 1.54) is 7.11 Å². The average molecular weight is 273 g/mol. The van der Waals surface area contributed by atoms with Crippen molar-refractivity contribution >= 4 is 23.3 Å². The molecule has 1 aromatic rings. The molecule has 0 bridgehead atoms. The minimum absolute atomic E-state index is 0.0909. The Hall–Kier alpha value is -1.62. The van der Waals surface area contributed by atoms with Gasteiger partial charge in [0.1, 0.15) is 0 Å². The minimum atomic E-state index is -0.310. The van der Waals surface area contributed by atoms with Gasteiger partial charge in [-0.1, -0.05) is 0 Å². The van der Waals surface area contributed by atoms with Crippen LogP contribution in [0, 0.1) is 0 Å². The summed E-state index contributed by atoms with van der Waals surface area (Å²) in [5, 5.41) is 5.38. The number of halogens is 1. The predicted molar refractivity (Wildman–Crippen MR) is 71.9 cm³/mol. The van der Waals surface area contributed by atoms with Gasteiger partial charge in [-0.2, -0.15) is 0 Å². The summed E-state index contributed by atoms with van der Waals surface area (Å²) in [5.74, 6) is 1.53. The Morgan fingerprint density at radius 1 is 1.33 bits per heavy atom. The number of hydrogen-bond acceptors (Lipinski definition) is 3. The molecule has 100 valence electrons. The van der Waals surface area contributed by atoms with Gasteiger partial charge in [0.15, 0.2) is 11.5 Å². The topological polar surface area (TPSA) is 59.6 Å². The van der Waals surface area contributed by atoms with Crippen LogP contribution in [0.3, 0.4) is 0 Å². The van der Waals surface area contributed by atoms with Gasteiger partial charge < -0.3 is 20.1 Å². The first kappa shape index (κ1) is 14.4. The number of amides is 2. The molecule has 0 fully saturated rings. The van der Waals surface area contributed by atoms with E-state index in [1.807, 2.05) is 6.92 Å². The van der Waals surface area contributed by atoms with E-state index in [0.29, 0.717) is 23.1 Å². The summed E-state index contributed by atoms with van der Waals surface area (Å²) >= 11 is 5.61. The Labute approximate surface area is 111 Å². The summed E-state index contributed by atoms with van der Waals surface area (Å²) in [6, 6.07) is 4.73. The van der Waals surface area contributed by atoms with Gasteiger partial charge in [-0.25, -0.2) is 4.79 Å². The first-order valence-corrected chi connectivity index (χ1v) is 5.99. The molecule has 1 aromatic carbocycles. The second-order valence-corrected chi connectivity index (χ2v) is 4.03. The lowest BCUT2D eigenvalue weighted by atomic mass is 10.2. The number of anilines is 1. The van der Waals surface area contributed by atoms with Crippen molar-refractivity contribution in [3.63, 3.8) is 0 Å². The molecule has 2 amide bonds. The van der Waals surface area contributed by atoms with Crippen LogP contribution in [-0.2, 0) is 0 Å². The molecule has 18 heavy (non-hydrogen) atoms. The molecular formula is C12H17ClN2O3. The maximum Gasteiger partial charge on any atom is 0.319 e. The molecule has 0 spiro atoms. The SMILES string of the molecule is COc1ccc(NC(=O)NC(C)CCl)cc1OC.